The molecule has 0 spiro atoms. The molecule has 0 aliphatic heterocycles. The van der Waals surface area contributed by atoms with Gasteiger partial charge in [-0.1, -0.05) is 6.07 Å². The van der Waals surface area contributed by atoms with Crippen LogP contribution < -0.4 is 5.32 Å². The van der Waals surface area contributed by atoms with Gasteiger partial charge in [-0.2, -0.15) is 0 Å². The van der Waals surface area contributed by atoms with Gasteiger partial charge in [-0.3, -0.25) is 0 Å². The van der Waals surface area contributed by atoms with E-state index in [1.54, 1.807) is 13.2 Å². The van der Waals surface area contributed by atoms with Gasteiger partial charge in [-0.15, -0.1) is 0 Å². The highest BCUT2D eigenvalue weighted by Gasteiger charge is 2.20. The second-order valence-corrected chi connectivity index (χ2v) is 5.02. The summed E-state index contributed by atoms with van der Waals surface area (Å²) in [5, 5.41) is 3.12. The number of ether oxygens (including phenoxy) is 1. The van der Waals surface area contributed by atoms with Gasteiger partial charge in [0.15, 0.2) is 11.6 Å². The molecule has 0 radical (unpaired) electrons. The molecular weight excluding hydrogens is 236 g/mol. The number of methoxy groups -OCH3 is 1. The molecule has 0 heterocycles. The molecule has 1 aromatic rings. The predicted octanol–water partition coefficient (Wildman–Crippen LogP) is 3.43. The highest BCUT2D eigenvalue weighted by molar-refractivity contribution is 5.21. The molecule has 1 unspecified atom stereocenters. The van der Waals surface area contributed by atoms with Crippen molar-refractivity contribution in [3.63, 3.8) is 0 Å². The van der Waals surface area contributed by atoms with Crippen molar-refractivity contribution >= 4 is 0 Å². The predicted molar refractivity (Wildman–Crippen MR) is 68.5 cm³/mol. The second kappa shape index (κ2) is 6.25. The van der Waals surface area contributed by atoms with Crippen LogP contribution in [0.4, 0.5) is 8.78 Å². The average Bonchev–Trinajstić information content (AvgIpc) is 2.34. The highest BCUT2D eigenvalue weighted by atomic mass is 19.2. The first-order chi connectivity index (χ1) is 8.39. The molecule has 1 N–H and O–H groups in total. The Morgan fingerprint density at radius 1 is 1.28 bits per heavy atom. The van der Waals surface area contributed by atoms with Crippen molar-refractivity contribution < 1.29 is 13.5 Å². The number of nitrogens with one attached hydrogen (secondary N) is 1. The van der Waals surface area contributed by atoms with Gasteiger partial charge in [0.25, 0.3) is 0 Å². The minimum absolute atomic E-state index is 0.00507. The third kappa shape index (κ3) is 4.03. The Morgan fingerprint density at radius 3 is 2.44 bits per heavy atom. The minimum atomic E-state index is -0.814. The molecular formula is C14H21F2NO. The Balaban J connectivity index is 2.74. The number of rotatable bonds is 6. The Morgan fingerprint density at radius 2 is 1.94 bits per heavy atom. The monoisotopic (exact) mass is 257 g/mol. The molecule has 18 heavy (non-hydrogen) atoms. The Hall–Kier alpha value is -1.00. The fraction of sp³-hybridized carbons (Fsp3) is 0.571. The molecule has 0 saturated heterocycles. The smallest absolute Gasteiger partial charge is 0.159 e. The van der Waals surface area contributed by atoms with E-state index < -0.39 is 11.6 Å². The van der Waals surface area contributed by atoms with Crippen LogP contribution in [0.3, 0.4) is 0 Å². The summed E-state index contributed by atoms with van der Waals surface area (Å²) in [7, 11) is 3.48. The van der Waals surface area contributed by atoms with E-state index in [-0.39, 0.29) is 11.6 Å². The first-order valence-corrected chi connectivity index (χ1v) is 6.07. The lowest BCUT2D eigenvalue weighted by molar-refractivity contribution is 0.0118. The summed E-state index contributed by atoms with van der Waals surface area (Å²) in [5.41, 5.74) is 0.538. The third-order valence-corrected chi connectivity index (χ3v) is 3.28. The van der Waals surface area contributed by atoms with E-state index in [1.807, 2.05) is 20.9 Å². The Kier molecular flexibility index (Phi) is 5.23. The maximum atomic E-state index is 13.2. The summed E-state index contributed by atoms with van der Waals surface area (Å²) in [5.74, 6) is -1.62. The van der Waals surface area contributed by atoms with Crippen molar-refractivity contribution in [2.45, 2.75) is 38.3 Å². The van der Waals surface area contributed by atoms with Gasteiger partial charge >= 0.3 is 0 Å². The van der Waals surface area contributed by atoms with Gasteiger partial charge in [0.05, 0.1) is 5.60 Å². The zero-order valence-corrected chi connectivity index (χ0v) is 11.4. The zero-order valence-electron chi connectivity index (χ0n) is 11.4. The number of hydrogen-bond donors (Lipinski definition) is 1. The van der Waals surface area contributed by atoms with Crippen molar-refractivity contribution in [2.75, 3.05) is 14.2 Å². The van der Waals surface area contributed by atoms with Crippen molar-refractivity contribution in [1.29, 1.82) is 0 Å². The van der Waals surface area contributed by atoms with Crippen molar-refractivity contribution in [1.82, 2.24) is 5.32 Å². The van der Waals surface area contributed by atoms with E-state index in [0.29, 0.717) is 0 Å². The molecule has 1 atom stereocenters. The van der Waals surface area contributed by atoms with Gasteiger partial charge in [0.1, 0.15) is 0 Å². The Labute approximate surface area is 107 Å². The van der Waals surface area contributed by atoms with Crippen LogP contribution in [0.1, 0.15) is 38.3 Å². The van der Waals surface area contributed by atoms with Crippen LogP contribution in [-0.4, -0.2) is 19.8 Å². The van der Waals surface area contributed by atoms with E-state index in [0.717, 1.165) is 24.5 Å². The first kappa shape index (κ1) is 15.1. The molecule has 4 heteroatoms. The number of halogens is 2. The molecule has 1 aromatic carbocycles. The van der Waals surface area contributed by atoms with Gasteiger partial charge in [-0.05, 0) is 51.4 Å². The lowest BCUT2D eigenvalue weighted by Crippen LogP contribution is -2.26. The van der Waals surface area contributed by atoms with Gasteiger partial charge < -0.3 is 10.1 Å². The normalized spacial score (nSPS) is 13.7. The molecule has 102 valence electrons. The summed E-state index contributed by atoms with van der Waals surface area (Å²) in [6.07, 6.45) is 1.62. The van der Waals surface area contributed by atoms with Crippen LogP contribution in [0.5, 0.6) is 0 Å². The average molecular weight is 257 g/mol. The lowest BCUT2D eigenvalue weighted by Gasteiger charge is -2.26. The maximum Gasteiger partial charge on any atom is 0.159 e. The topological polar surface area (TPSA) is 21.3 Å². The van der Waals surface area contributed by atoms with Crippen LogP contribution in [0.2, 0.25) is 0 Å². The minimum Gasteiger partial charge on any atom is -0.379 e. The number of hydrogen-bond acceptors (Lipinski definition) is 2. The maximum absolute atomic E-state index is 13.2. The summed E-state index contributed by atoms with van der Waals surface area (Å²) in [4.78, 5) is 0. The van der Waals surface area contributed by atoms with Crippen LogP contribution >= 0.6 is 0 Å². The second-order valence-electron chi connectivity index (χ2n) is 5.02. The van der Waals surface area contributed by atoms with E-state index in [4.69, 9.17) is 4.74 Å². The SMILES string of the molecule is CNC(CCC(C)(C)OC)c1ccc(F)c(F)c1. The summed E-state index contributed by atoms with van der Waals surface area (Å²) < 4.78 is 31.4. The molecule has 0 aliphatic carbocycles. The van der Waals surface area contributed by atoms with Gasteiger partial charge in [0, 0.05) is 13.2 Å². The lowest BCUT2D eigenvalue weighted by atomic mass is 9.95. The van der Waals surface area contributed by atoms with Gasteiger partial charge in [0.2, 0.25) is 0 Å². The summed E-state index contributed by atoms with van der Waals surface area (Å²) in [6, 6.07) is 4.01. The van der Waals surface area contributed by atoms with Crippen molar-refractivity contribution in [2.24, 2.45) is 0 Å². The molecule has 0 aliphatic rings. The fourth-order valence-corrected chi connectivity index (χ4v) is 1.80. The standard InChI is InChI=1S/C14H21F2NO/c1-14(2,18-4)8-7-13(17-3)10-5-6-11(15)12(16)9-10/h5-6,9,13,17H,7-8H2,1-4H3. The number of benzene rings is 1. The first-order valence-electron chi connectivity index (χ1n) is 6.07. The van der Waals surface area contributed by atoms with E-state index in [1.165, 1.54) is 6.07 Å². The largest absolute Gasteiger partial charge is 0.379 e. The van der Waals surface area contributed by atoms with Crippen molar-refractivity contribution in [3.8, 4) is 0 Å². The van der Waals surface area contributed by atoms with E-state index in [9.17, 15) is 8.78 Å². The van der Waals surface area contributed by atoms with Crippen LogP contribution in [0, 0.1) is 11.6 Å². The molecule has 0 bridgehead atoms. The van der Waals surface area contributed by atoms with Gasteiger partial charge in [-0.25, -0.2) is 8.78 Å². The molecule has 0 saturated carbocycles. The van der Waals surface area contributed by atoms with Crippen LogP contribution in [0.25, 0.3) is 0 Å². The third-order valence-electron chi connectivity index (χ3n) is 3.28. The van der Waals surface area contributed by atoms with E-state index >= 15 is 0 Å². The quantitative estimate of drug-likeness (QED) is 0.843. The van der Waals surface area contributed by atoms with E-state index in [2.05, 4.69) is 5.32 Å². The fourth-order valence-electron chi connectivity index (χ4n) is 1.80. The molecule has 0 amide bonds. The highest BCUT2D eigenvalue weighted by Crippen LogP contribution is 2.25. The van der Waals surface area contributed by atoms with Crippen LogP contribution in [0.15, 0.2) is 18.2 Å². The molecule has 0 fully saturated rings. The van der Waals surface area contributed by atoms with Crippen LogP contribution in [-0.2, 0) is 4.74 Å². The Bertz CT molecular complexity index is 393. The molecule has 1 rings (SSSR count). The molecule has 2 nitrogen and oxygen atoms in total. The van der Waals surface area contributed by atoms with Crippen molar-refractivity contribution in [3.05, 3.63) is 35.4 Å². The zero-order chi connectivity index (χ0) is 13.8. The molecule has 0 aromatic heterocycles. The summed E-state index contributed by atoms with van der Waals surface area (Å²) in [6.45, 7) is 4.01. The summed E-state index contributed by atoms with van der Waals surface area (Å²) >= 11 is 0.